The van der Waals surface area contributed by atoms with Crippen LogP contribution in [0, 0.1) is 0 Å². The molecule has 146 valence electrons. The van der Waals surface area contributed by atoms with Gasteiger partial charge in [-0.2, -0.15) is 0 Å². The third-order valence-electron chi connectivity index (χ3n) is 4.20. The van der Waals surface area contributed by atoms with Gasteiger partial charge in [0.25, 0.3) is 0 Å². The van der Waals surface area contributed by atoms with Gasteiger partial charge in [0, 0.05) is 23.5 Å². The van der Waals surface area contributed by atoms with E-state index in [1.165, 1.54) is 31.4 Å². The Labute approximate surface area is 160 Å². The molecule has 3 rings (SSSR count). The maximum Gasteiger partial charge on any atom is 0.573 e. The number of nitrogens with zero attached hydrogens (tertiary/aromatic N) is 1. The lowest BCUT2D eigenvalue weighted by Crippen LogP contribution is -2.16. The number of rotatable bonds is 6. The zero-order valence-electron chi connectivity index (χ0n) is 15.2. The maximum atomic E-state index is 12.2. The van der Waals surface area contributed by atoms with E-state index in [1.54, 1.807) is 0 Å². The molecule has 0 aliphatic carbocycles. The Hall–Kier alpha value is -3.22. The molecule has 0 radical (unpaired) electrons. The molecule has 0 bridgehead atoms. The van der Waals surface area contributed by atoms with Crippen LogP contribution in [-0.2, 0) is 11.2 Å². The second-order valence-electron chi connectivity index (χ2n) is 6.09. The number of fused-ring (bicyclic) bond motifs is 1. The maximum absolute atomic E-state index is 12.2. The second-order valence-corrected chi connectivity index (χ2v) is 6.09. The SMILES string of the molecule is C=C(/N=C(/CCc1c[nH]c2ccccc12)OC)c1ccc(OC(F)(F)F)cc1. The van der Waals surface area contributed by atoms with Gasteiger partial charge in [0.15, 0.2) is 5.90 Å². The van der Waals surface area contributed by atoms with E-state index in [-0.39, 0.29) is 5.75 Å². The standard InChI is InChI=1S/C21H19F3N2O2/c1-14(15-7-10-17(11-8-15)28-21(22,23)24)26-20(27-2)12-9-16-13-25-19-6-4-3-5-18(16)19/h3-8,10-11,13,25H,1,9,12H2,2H3/b26-20-. The Morgan fingerprint density at radius 1 is 1.11 bits per heavy atom. The highest BCUT2D eigenvalue weighted by Gasteiger charge is 2.30. The van der Waals surface area contributed by atoms with Crippen molar-refractivity contribution in [2.24, 2.45) is 4.99 Å². The van der Waals surface area contributed by atoms with E-state index in [4.69, 9.17) is 4.74 Å². The van der Waals surface area contributed by atoms with E-state index in [0.717, 1.165) is 22.9 Å². The summed E-state index contributed by atoms with van der Waals surface area (Å²) >= 11 is 0. The molecule has 0 fully saturated rings. The Morgan fingerprint density at radius 3 is 2.50 bits per heavy atom. The van der Waals surface area contributed by atoms with Crippen LogP contribution < -0.4 is 4.74 Å². The van der Waals surface area contributed by atoms with Gasteiger partial charge >= 0.3 is 6.36 Å². The van der Waals surface area contributed by atoms with Gasteiger partial charge in [0.2, 0.25) is 0 Å². The minimum absolute atomic E-state index is 0.292. The van der Waals surface area contributed by atoms with E-state index in [9.17, 15) is 13.2 Å². The van der Waals surface area contributed by atoms with Crippen molar-refractivity contribution in [1.29, 1.82) is 0 Å². The number of ether oxygens (including phenoxy) is 2. The first kappa shape index (κ1) is 19.5. The third kappa shape index (κ3) is 4.94. The number of benzene rings is 2. The van der Waals surface area contributed by atoms with Crippen LogP contribution in [0.1, 0.15) is 17.5 Å². The molecule has 7 heteroatoms. The molecule has 3 aromatic rings. The number of aliphatic imine (C=N–C) groups is 1. The van der Waals surface area contributed by atoms with E-state index in [2.05, 4.69) is 21.3 Å². The van der Waals surface area contributed by atoms with Gasteiger partial charge in [0.1, 0.15) is 5.75 Å². The lowest BCUT2D eigenvalue weighted by Gasteiger charge is -2.10. The summed E-state index contributed by atoms with van der Waals surface area (Å²) < 4.78 is 45.9. The zero-order chi connectivity index (χ0) is 20.1. The summed E-state index contributed by atoms with van der Waals surface area (Å²) in [6, 6.07) is 13.4. The van der Waals surface area contributed by atoms with Crippen LogP contribution in [0.5, 0.6) is 5.75 Å². The molecule has 1 heterocycles. The van der Waals surface area contributed by atoms with Crippen LogP contribution in [0.3, 0.4) is 0 Å². The minimum atomic E-state index is -4.72. The number of nitrogens with one attached hydrogen (secondary N) is 1. The summed E-state index contributed by atoms with van der Waals surface area (Å²) in [4.78, 5) is 7.60. The van der Waals surface area contributed by atoms with Crippen molar-refractivity contribution >= 4 is 22.5 Å². The molecule has 0 unspecified atom stereocenters. The van der Waals surface area contributed by atoms with E-state index in [1.807, 2.05) is 30.5 Å². The monoisotopic (exact) mass is 388 g/mol. The number of alkyl halides is 3. The highest BCUT2D eigenvalue weighted by Crippen LogP contribution is 2.25. The Bertz CT molecular complexity index is 989. The molecule has 1 aromatic heterocycles. The number of hydrogen-bond acceptors (Lipinski definition) is 3. The first-order valence-electron chi connectivity index (χ1n) is 8.57. The average molecular weight is 388 g/mol. The normalized spacial score (nSPS) is 12.2. The summed E-state index contributed by atoms with van der Waals surface area (Å²) in [6.45, 7) is 3.88. The van der Waals surface area contributed by atoms with Crippen LogP contribution in [0.15, 0.2) is 66.3 Å². The summed E-state index contributed by atoms with van der Waals surface area (Å²) in [5.41, 5.74) is 3.20. The van der Waals surface area contributed by atoms with Crippen molar-refractivity contribution in [2.75, 3.05) is 7.11 Å². The topological polar surface area (TPSA) is 46.6 Å². The van der Waals surface area contributed by atoms with Gasteiger partial charge in [-0.15, -0.1) is 13.2 Å². The fourth-order valence-electron chi connectivity index (χ4n) is 2.85. The first-order valence-corrected chi connectivity index (χ1v) is 8.57. The van der Waals surface area contributed by atoms with Crippen molar-refractivity contribution in [3.8, 4) is 5.75 Å². The largest absolute Gasteiger partial charge is 0.573 e. The number of para-hydroxylation sites is 1. The lowest BCUT2D eigenvalue weighted by molar-refractivity contribution is -0.274. The van der Waals surface area contributed by atoms with Crippen LogP contribution >= 0.6 is 0 Å². The highest BCUT2D eigenvalue weighted by atomic mass is 19.4. The molecule has 1 N–H and O–H groups in total. The van der Waals surface area contributed by atoms with Crippen LogP contribution in [0.2, 0.25) is 0 Å². The Morgan fingerprint density at radius 2 is 1.82 bits per heavy atom. The molecule has 0 spiro atoms. The summed E-state index contributed by atoms with van der Waals surface area (Å²) in [7, 11) is 1.53. The number of aromatic nitrogens is 1. The highest BCUT2D eigenvalue weighted by molar-refractivity contribution is 5.86. The van der Waals surface area contributed by atoms with Crippen molar-refractivity contribution < 1.29 is 22.6 Å². The molecule has 0 amide bonds. The van der Waals surface area contributed by atoms with Crippen LogP contribution in [0.4, 0.5) is 13.2 Å². The molecule has 28 heavy (non-hydrogen) atoms. The number of methoxy groups -OCH3 is 1. The summed E-state index contributed by atoms with van der Waals surface area (Å²) in [5, 5.41) is 1.15. The number of aromatic amines is 1. The van der Waals surface area contributed by atoms with Crippen LogP contribution in [0.25, 0.3) is 16.6 Å². The summed E-state index contributed by atoms with van der Waals surface area (Å²) in [6.07, 6.45) is -1.47. The number of aryl methyl sites for hydroxylation is 1. The van der Waals surface area contributed by atoms with Gasteiger partial charge < -0.3 is 14.5 Å². The molecule has 0 saturated heterocycles. The van der Waals surface area contributed by atoms with Crippen LogP contribution in [-0.4, -0.2) is 24.4 Å². The van der Waals surface area contributed by atoms with Crippen molar-refractivity contribution in [2.45, 2.75) is 19.2 Å². The molecule has 0 aliphatic heterocycles. The molecular weight excluding hydrogens is 369 g/mol. The lowest BCUT2D eigenvalue weighted by atomic mass is 10.1. The number of halogens is 3. The van der Waals surface area contributed by atoms with Gasteiger partial charge in [-0.05, 0) is 47.9 Å². The van der Waals surface area contributed by atoms with Crippen molar-refractivity contribution in [1.82, 2.24) is 4.98 Å². The Kier molecular flexibility index (Phi) is 5.73. The number of H-pyrrole nitrogens is 1. The second kappa shape index (κ2) is 8.21. The van der Waals surface area contributed by atoms with E-state index < -0.39 is 6.36 Å². The molecule has 0 atom stereocenters. The predicted octanol–water partition coefficient (Wildman–Crippen LogP) is 5.71. The van der Waals surface area contributed by atoms with E-state index >= 15 is 0 Å². The van der Waals surface area contributed by atoms with Crippen molar-refractivity contribution in [3.63, 3.8) is 0 Å². The predicted molar refractivity (Wildman–Crippen MR) is 103 cm³/mol. The molecule has 4 nitrogen and oxygen atoms in total. The van der Waals surface area contributed by atoms with Crippen molar-refractivity contribution in [3.05, 3.63) is 72.4 Å². The molecule has 0 aliphatic rings. The zero-order valence-corrected chi connectivity index (χ0v) is 15.2. The third-order valence-corrected chi connectivity index (χ3v) is 4.20. The van der Waals surface area contributed by atoms with Gasteiger partial charge in [-0.1, -0.05) is 24.8 Å². The smallest absolute Gasteiger partial charge is 0.484 e. The fourth-order valence-corrected chi connectivity index (χ4v) is 2.85. The van der Waals surface area contributed by atoms with Gasteiger partial charge in [-0.25, -0.2) is 4.99 Å². The fraction of sp³-hybridized carbons (Fsp3) is 0.190. The summed E-state index contributed by atoms with van der Waals surface area (Å²) in [5.74, 6) is 0.199. The Balaban J connectivity index is 1.67. The van der Waals surface area contributed by atoms with Gasteiger partial charge in [-0.3, -0.25) is 0 Å². The quantitative estimate of drug-likeness (QED) is 0.434. The van der Waals surface area contributed by atoms with Gasteiger partial charge in [0.05, 0.1) is 12.8 Å². The first-order chi connectivity index (χ1) is 13.4. The molecule has 2 aromatic carbocycles. The molecule has 0 saturated carbocycles. The average Bonchev–Trinajstić information content (AvgIpc) is 3.07. The van der Waals surface area contributed by atoms with E-state index in [0.29, 0.717) is 23.6 Å². The number of hydrogen-bond donors (Lipinski definition) is 1. The molecular formula is C21H19F3N2O2. The minimum Gasteiger partial charge on any atom is -0.484 e.